The first-order valence-electron chi connectivity index (χ1n) is 7.74. The van der Waals surface area contributed by atoms with Crippen molar-refractivity contribution in [1.82, 2.24) is 4.90 Å². The third-order valence-corrected chi connectivity index (χ3v) is 4.79. The fraction of sp³-hybridized carbons (Fsp3) is 0.222. The van der Waals surface area contributed by atoms with E-state index >= 15 is 0 Å². The molecule has 1 aliphatic rings. The molecular weight excluding hydrogens is 344 g/mol. The lowest BCUT2D eigenvalue weighted by molar-refractivity contribution is -0.122. The van der Waals surface area contributed by atoms with Crippen molar-refractivity contribution in [3.05, 3.63) is 52.1 Å². The van der Waals surface area contributed by atoms with Crippen molar-refractivity contribution in [2.75, 3.05) is 13.1 Å². The van der Waals surface area contributed by atoms with Crippen molar-refractivity contribution >= 4 is 40.5 Å². The highest BCUT2D eigenvalue weighted by Gasteiger charge is 2.32. The molecule has 124 valence electrons. The van der Waals surface area contributed by atoms with E-state index in [1.165, 1.54) is 11.8 Å². The second-order valence-corrected chi connectivity index (χ2v) is 6.57. The molecule has 0 unspecified atom stereocenters. The fourth-order valence-corrected chi connectivity index (χ4v) is 3.67. The minimum atomic E-state index is -0.0320. The summed E-state index contributed by atoms with van der Waals surface area (Å²) in [5.74, 6) is 1.32. The number of thioether (sulfide) groups is 1. The minimum absolute atomic E-state index is 0.0320. The lowest BCUT2D eigenvalue weighted by Crippen LogP contribution is -2.28. The van der Waals surface area contributed by atoms with Gasteiger partial charge in [-0.2, -0.15) is 0 Å². The maximum absolute atomic E-state index is 12.4. The molecule has 1 fully saturated rings. The summed E-state index contributed by atoms with van der Waals surface area (Å²) >= 11 is 7.40. The Balaban J connectivity index is 1.87. The van der Waals surface area contributed by atoms with Gasteiger partial charge in [-0.1, -0.05) is 23.7 Å². The monoisotopic (exact) mass is 360 g/mol. The molecule has 4 nitrogen and oxygen atoms in total. The molecule has 1 amide bonds. The van der Waals surface area contributed by atoms with Crippen LogP contribution in [0.5, 0.6) is 0 Å². The summed E-state index contributed by atoms with van der Waals surface area (Å²) in [5, 5.41) is 1.40. The number of benzene rings is 1. The number of carbonyl (C=O) groups excluding carboxylic acids is 1. The van der Waals surface area contributed by atoms with Gasteiger partial charge in [-0.25, -0.2) is 0 Å². The van der Waals surface area contributed by atoms with Crippen LogP contribution in [0.2, 0.25) is 5.02 Å². The Labute approximate surface area is 150 Å². The van der Waals surface area contributed by atoms with E-state index < -0.39 is 0 Å². The van der Waals surface area contributed by atoms with Gasteiger partial charge in [0.05, 0.1) is 4.91 Å². The first-order chi connectivity index (χ1) is 11.6. The number of likely N-dealkylation sites (N-methyl/N-ethyl adjacent to an activating group) is 1. The van der Waals surface area contributed by atoms with Crippen LogP contribution in [0.3, 0.4) is 0 Å². The van der Waals surface area contributed by atoms with Crippen LogP contribution in [0.1, 0.15) is 19.6 Å². The Morgan fingerprint density at radius 3 is 2.83 bits per heavy atom. The van der Waals surface area contributed by atoms with Crippen LogP contribution in [0.4, 0.5) is 0 Å². The molecule has 1 aromatic carbocycles. The number of hydrogen-bond acceptors (Lipinski definition) is 4. The predicted molar refractivity (Wildman–Crippen MR) is 100 cm³/mol. The second kappa shape index (κ2) is 7.28. The van der Waals surface area contributed by atoms with Crippen molar-refractivity contribution in [1.29, 1.82) is 0 Å². The quantitative estimate of drug-likeness (QED) is 0.727. The SMILES string of the molecule is CCN=C1S/C(=C/c2ccc(-c3cccc(Cl)c3)o2)C(=O)N1CC. The lowest BCUT2D eigenvalue weighted by Gasteiger charge is -2.11. The van der Waals surface area contributed by atoms with Gasteiger partial charge < -0.3 is 4.42 Å². The van der Waals surface area contributed by atoms with Gasteiger partial charge >= 0.3 is 0 Å². The summed E-state index contributed by atoms with van der Waals surface area (Å²) in [4.78, 5) is 19.1. The largest absolute Gasteiger partial charge is 0.457 e. The number of amides is 1. The number of carbonyl (C=O) groups is 1. The van der Waals surface area contributed by atoms with E-state index in [4.69, 9.17) is 16.0 Å². The molecule has 1 saturated heterocycles. The van der Waals surface area contributed by atoms with Crippen molar-refractivity contribution in [3.8, 4) is 11.3 Å². The smallest absolute Gasteiger partial charge is 0.266 e. The normalized spacial score (nSPS) is 18.1. The van der Waals surface area contributed by atoms with Crippen LogP contribution >= 0.6 is 23.4 Å². The van der Waals surface area contributed by atoms with Crippen molar-refractivity contribution < 1.29 is 9.21 Å². The minimum Gasteiger partial charge on any atom is -0.457 e. The number of furan rings is 1. The molecule has 0 radical (unpaired) electrons. The Bertz CT molecular complexity index is 826. The van der Waals surface area contributed by atoms with Crippen LogP contribution < -0.4 is 0 Å². The zero-order chi connectivity index (χ0) is 17.1. The Hall–Kier alpha value is -1.98. The van der Waals surface area contributed by atoms with E-state index in [0.29, 0.717) is 28.8 Å². The Morgan fingerprint density at radius 1 is 1.29 bits per heavy atom. The Kier molecular flexibility index (Phi) is 5.11. The first-order valence-corrected chi connectivity index (χ1v) is 8.93. The average molecular weight is 361 g/mol. The molecule has 0 atom stereocenters. The van der Waals surface area contributed by atoms with Crippen molar-refractivity contribution in [3.63, 3.8) is 0 Å². The highest BCUT2D eigenvalue weighted by Crippen LogP contribution is 2.33. The van der Waals surface area contributed by atoms with Crippen LogP contribution in [0.15, 0.2) is 50.7 Å². The number of nitrogens with zero attached hydrogens (tertiary/aromatic N) is 2. The highest BCUT2D eigenvalue weighted by atomic mass is 35.5. The predicted octanol–water partition coefficient (Wildman–Crippen LogP) is 4.91. The number of aliphatic imine (C=N–C) groups is 1. The van der Waals surface area contributed by atoms with Gasteiger partial charge in [0.2, 0.25) is 0 Å². The van der Waals surface area contributed by atoms with Crippen LogP contribution in [0.25, 0.3) is 17.4 Å². The molecule has 0 aliphatic carbocycles. The topological polar surface area (TPSA) is 45.8 Å². The summed E-state index contributed by atoms with van der Waals surface area (Å²) in [6.07, 6.45) is 1.77. The summed E-state index contributed by atoms with van der Waals surface area (Å²) < 4.78 is 5.84. The zero-order valence-electron chi connectivity index (χ0n) is 13.5. The fourth-order valence-electron chi connectivity index (χ4n) is 2.40. The van der Waals surface area contributed by atoms with E-state index in [2.05, 4.69) is 4.99 Å². The summed E-state index contributed by atoms with van der Waals surface area (Å²) in [7, 11) is 0. The van der Waals surface area contributed by atoms with Gasteiger partial charge in [-0.05, 0) is 49.9 Å². The highest BCUT2D eigenvalue weighted by molar-refractivity contribution is 8.18. The molecule has 1 aliphatic heterocycles. The van der Waals surface area contributed by atoms with Crippen LogP contribution in [0, 0.1) is 0 Å². The summed E-state index contributed by atoms with van der Waals surface area (Å²) in [6, 6.07) is 11.2. The van der Waals surface area contributed by atoms with Gasteiger partial charge in [0.25, 0.3) is 5.91 Å². The van der Waals surface area contributed by atoms with Gasteiger partial charge in [0.15, 0.2) is 5.17 Å². The maximum Gasteiger partial charge on any atom is 0.266 e. The van der Waals surface area contributed by atoms with Crippen molar-refractivity contribution in [2.24, 2.45) is 4.99 Å². The molecule has 0 bridgehead atoms. The number of amidine groups is 1. The van der Waals surface area contributed by atoms with Crippen LogP contribution in [-0.4, -0.2) is 29.1 Å². The van der Waals surface area contributed by atoms with E-state index in [9.17, 15) is 4.79 Å². The van der Waals surface area contributed by atoms with E-state index in [-0.39, 0.29) is 5.91 Å². The number of halogens is 1. The van der Waals surface area contributed by atoms with Crippen molar-refractivity contribution in [2.45, 2.75) is 13.8 Å². The molecule has 1 aromatic heterocycles. The van der Waals surface area contributed by atoms with E-state index in [1.807, 2.05) is 50.2 Å². The summed E-state index contributed by atoms with van der Waals surface area (Å²) in [6.45, 7) is 5.15. The van der Waals surface area contributed by atoms with E-state index in [1.54, 1.807) is 11.0 Å². The maximum atomic E-state index is 12.4. The molecular formula is C18H17ClN2O2S. The molecule has 0 spiro atoms. The summed E-state index contributed by atoms with van der Waals surface area (Å²) in [5.41, 5.74) is 0.904. The molecule has 6 heteroatoms. The zero-order valence-corrected chi connectivity index (χ0v) is 15.0. The Morgan fingerprint density at radius 2 is 2.12 bits per heavy atom. The molecule has 3 rings (SSSR count). The molecule has 0 N–H and O–H groups in total. The molecule has 0 saturated carbocycles. The van der Waals surface area contributed by atoms with Gasteiger partial charge in [-0.3, -0.25) is 14.7 Å². The molecule has 2 aromatic rings. The van der Waals surface area contributed by atoms with Gasteiger partial charge in [-0.15, -0.1) is 0 Å². The number of hydrogen-bond donors (Lipinski definition) is 0. The van der Waals surface area contributed by atoms with Gasteiger partial charge in [0, 0.05) is 29.8 Å². The lowest BCUT2D eigenvalue weighted by atomic mass is 10.2. The molecule has 24 heavy (non-hydrogen) atoms. The molecule has 2 heterocycles. The van der Waals surface area contributed by atoms with Crippen LogP contribution in [-0.2, 0) is 4.79 Å². The third kappa shape index (κ3) is 3.42. The first kappa shape index (κ1) is 16.9. The standard InChI is InChI=1S/C18H17ClN2O2S/c1-3-20-18-21(4-2)17(22)16(24-18)11-14-8-9-15(23-14)12-6-5-7-13(19)10-12/h5-11H,3-4H2,1-2H3/b16-11+,20-18?. The third-order valence-electron chi connectivity index (χ3n) is 3.51. The number of rotatable bonds is 4. The second-order valence-electron chi connectivity index (χ2n) is 5.13. The average Bonchev–Trinajstić information content (AvgIpc) is 3.14. The van der Waals surface area contributed by atoms with E-state index in [0.717, 1.165) is 16.5 Å². The van der Waals surface area contributed by atoms with Gasteiger partial charge in [0.1, 0.15) is 11.5 Å².